The number of carboxylic acids is 1. The highest BCUT2D eigenvalue weighted by Crippen LogP contribution is 2.29. The Morgan fingerprint density at radius 3 is 2.35 bits per heavy atom. The van der Waals surface area contributed by atoms with Crippen LogP contribution in [-0.2, 0) is 0 Å². The Hall–Kier alpha value is -2.69. The second kappa shape index (κ2) is 5.97. The summed E-state index contributed by atoms with van der Waals surface area (Å²) in [6, 6.07) is 11.5. The number of nitrogens with two attached hydrogens (primary N) is 1. The zero-order valence-corrected chi connectivity index (χ0v) is 11.0. The van der Waals surface area contributed by atoms with Gasteiger partial charge in [0.1, 0.15) is 17.2 Å². The van der Waals surface area contributed by atoms with E-state index in [0.717, 1.165) is 5.75 Å². The van der Waals surface area contributed by atoms with Crippen molar-refractivity contribution in [3.05, 3.63) is 48.0 Å². The molecular weight excluding hydrogens is 258 g/mol. The molecule has 104 valence electrons. The van der Waals surface area contributed by atoms with Crippen molar-refractivity contribution >= 4 is 11.7 Å². The molecule has 0 radical (unpaired) electrons. The minimum absolute atomic E-state index is 0.126. The molecule has 0 aromatic heterocycles. The van der Waals surface area contributed by atoms with Gasteiger partial charge < -0.3 is 20.3 Å². The van der Waals surface area contributed by atoms with Gasteiger partial charge in [0, 0.05) is 0 Å². The molecule has 2 aromatic carbocycles. The van der Waals surface area contributed by atoms with Crippen molar-refractivity contribution in [1.82, 2.24) is 0 Å². The number of ether oxygens (including phenoxy) is 2. The Morgan fingerprint density at radius 2 is 1.80 bits per heavy atom. The van der Waals surface area contributed by atoms with Crippen LogP contribution in [-0.4, -0.2) is 17.7 Å². The van der Waals surface area contributed by atoms with E-state index >= 15 is 0 Å². The van der Waals surface area contributed by atoms with Crippen molar-refractivity contribution in [3.63, 3.8) is 0 Å². The first kappa shape index (κ1) is 13.7. The molecule has 0 atom stereocenters. The highest BCUT2D eigenvalue weighted by Gasteiger charge is 2.08. The van der Waals surface area contributed by atoms with Crippen molar-refractivity contribution in [2.75, 3.05) is 12.3 Å². The van der Waals surface area contributed by atoms with E-state index in [1.165, 1.54) is 18.2 Å². The van der Waals surface area contributed by atoms with Gasteiger partial charge >= 0.3 is 5.97 Å². The number of aromatic carboxylic acids is 1. The van der Waals surface area contributed by atoms with Crippen LogP contribution in [0.1, 0.15) is 17.3 Å². The van der Waals surface area contributed by atoms with Crippen LogP contribution in [0.3, 0.4) is 0 Å². The molecule has 5 nitrogen and oxygen atoms in total. The summed E-state index contributed by atoms with van der Waals surface area (Å²) in [4.78, 5) is 10.8. The fourth-order valence-electron chi connectivity index (χ4n) is 1.67. The summed E-state index contributed by atoms with van der Waals surface area (Å²) in [5.41, 5.74) is 6.17. The van der Waals surface area contributed by atoms with Crippen LogP contribution in [0, 0.1) is 0 Å². The van der Waals surface area contributed by atoms with E-state index in [4.69, 9.17) is 20.3 Å². The molecule has 0 aliphatic carbocycles. The van der Waals surface area contributed by atoms with Gasteiger partial charge in [-0.25, -0.2) is 4.79 Å². The Balaban J connectivity index is 2.15. The van der Waals surface area contributed by atoms with Crippen LogP contribution in [0.2, 0.25) is 0 Å². The van der Waals surface area contributed by atoms with Gasteiger partial charge in [-0.1, -0.05) is 0 Å². The molecule has 0 aliphatic heterocycles. The van der Waals surface area contributed by atoms with Gasteiger partial charge in [0.05, 0.1) is 17.9 Å². The zero-order chi connectivity index (χ0) is 14.5. The SMILES string of the molecule is CCOc1ccc(Oc2ccc(C(=O)O)cc2N)cc1. The van der Waals surface area contributed by atoms with E-state index in [-0.39, 0.29) is 11.3 Å². The van der Waals surface area contributed by atoms with E-state index < -0.39 is 5.97 Å². The lowest BCUT2D eigenvalue weighted by Crippen LogP contribution is -1.99. The number of nitrogen functional groups attached to an aromatic ring is 1. The third-order valence-corrected chi connectivity index (χ3v) is 2.62. The summed E-state index contributed by atoms with van der Waals surface area (Å²) in [6.45, 7) is 2.51. The van der Waals surface area contributed by atoms with Gasteiger partial charge in [0.15, 0.2) is 0 Å². The first-order chi connectivity index (χ1) is 9.60. The molecule has 2 rings (SSSR count). The molecule has 0 heterocycles. The topological polar surface area (TPSA) is 81.8 Å². The molecule has 0 amide bonds. The molecule has 0 saturated heterocycles. The van der Waals surface area contributed by atoms with Gasteiger partial charge in [0.2, 0.25) is 0 Å². The second-order valence-corrected chi connectivity index (χ2v) is 4.06. The number of carbonyl (C=O) groups is 1. The first-order valence-corrected chi connectivity index (χ1v) is 6.13. The monoisotopic (exact) mass is 273 g/mol. The quantitative estimate of drug-likeness (QED) is 0.818. The minimum atomic E-state index is -1.02. The molecule has 0 fully saturated rings. The summed E-state index contributed by atoms with van der Waals surface area (Å²) >= 11 is 0. The fourth-order valence-corrected chi connectivity index (χ4v) is 1.67. The number of rotatable bonds is 5. The van der Waals surface area contributed by atoms with Crippen LogP contribution in [0.4, 0.5) is 5.69 Å². The number of benzene rings is 2. The molecular formula is C15H15NO4. The maximum Gasteiger partial charge on any atom is 0.335 e. The minimum Gasteiger partial charge on any atom is -0.494 e. The molecule has 0 saturated carbocycles. The van der Waals surface area contributed by atoms with Crippen molar-refractivity contribution in [1.29, 1.82) is 0 Å². The van der Waals surface area contributed by atoms with E-state index in [1.54, 1.807) is 24.3 Å². The summed E-state index contributed by atoms with van der Waals surface area (Å²) in [5.74, 6) is 0.751. The number of hydrogen-bond acceptors (Lipinski definition) is 4. The predicted molar refractivity (Wildman–Crippen MR) is 75.5 cm³/mol. The fraction of sp³-hybridized carbons (Fsp3) is 0.133. The first-order valence-electron chi connectivity index (χ1n) is 6.13. The van der Waals surface area contributed by atoms with E-state index in [0.29, 0.717) is 18.1 Å². The zero-order valence-electron chi connectivity index (χ0n) is 11.0. The van der Waals surface area contributed by atoms with Crippen LogP contribution in [0.15, 0.2) is 42.5 Å². The summed E-state index contributed by atoms with van der Waals surface area (Å²) < 4.78 is 10.9. The van der Waals surface area contributed by atoms with Gasteiger partial charge in [-0.05, 0) is 49.4 Å². The third-order valence-electron chi connectivity index (χ3n) is 2.62. The van der Waals surface area contributed by atoms with Gasteiger partial charge in [-0.15, -0.1) is 0 Å². The van der Waals surface area contributed by atoms with E-state index in [1.807, 2.05) is 6.92 Å². The second-order valence-electron chi connectivity index (χ2n) is 4.06. The maximum atomic E-state index is 10.8. The van der Waals surface area contributed by atoms with Crippen LogP contribution in [0.25, 0.3) is 0 Å². The average molecular weight is 273 g/mol. The molecule has 0 spiro atoms. The Kier molecular flexibility index (Phi) is 4.10. The lowest BCUT2D eigenvalue weighted by Gasteiger charge is -2.10. The Morgan fingerprint density at radius 1 is 1.15 bits per heavy atom. The van der Waals surface area contributed by atoms with E-state index in [9.17, 15) is 4.79 Å². The standard InChI is InChI=1S/C15H15NO4/c1-2-19-11-4-6-12(7-5-11)20-14-8-3-10(15(17)18)9-13(14)16/h3-9H,2,16H2,1H3,(H,17,18). The largest absolute Gasteiger partial charge is 0.494 e. The number of anilines is 1. The van der Waals surface area contributed by atoms with Crippen molar-refractivity contribution < 1.29 is 19.4 Å². The van der Waals surface area contributed by atoms with Crippen LogP contribution < -0.4 is 15.2 Å². The highest BCUT2D eigenvalue weighted by atomic mass is 16.5. The normalized spacial score (nSPS) is 10.1. The smallest absolute Gasteiger partial charge is 0.335 e. The van der Waals surface area contributed by atoms with E-state index in [2.05, 4.69) is 0 Å². The molecule has 3 N–H and O–H groups in total. The average Bonchev–Trinajstić information content (AvgIpc) is 2.43. The highest BCUT2D eigenvalue weighted by molar-refractivity contribution is 5.89. The molecule has 0 bridgehead atoms. The van der Waals surface area contributed by atoms with Crippen LogP contribution >= 0.6 is 0 Å². The van der Waals surface area contributed by atoms with Crippen molar-refractivity contribution in [2.24, 2.45) is 0 Å². The summed E-state index contributed by atoms with van der Waals surface area (Å²) in [7, 11) is 0. The molecule has 0 unspecified atom stereocenters. The summed E-state index contributed by atoms with van der Waals surface area (Å²) in [6.07, 6.45) is 0. The Labute approximate surface area is 116 Å². The van der Waals surface area contributed by atoms with Crippen molar-refractivity contribution in [2.45, 2.75) is 6.92 Å². The maximum absolute atomic E-state index is 10.8. The Bertz CT molecular complexity index is 608. The number of carboxylic acid groups (broad SMARTS) is 1. The lowest BCUT2D eigenvalue weighted by molar-refractivity contribution is 0.0697. The predicted octanol–water partition coefficient (Wildman–Crippen LogP) is 3.16. The lowest BCUT2D eigenvalue weighted by atomic mass is 10.2. The molecule has 2 aromatic rings. The van der Waals surface area contributed by atoms with Gasteiger partial charge in [-0.2, -0.15) is 0 Å². The molecule has 5 heteroatoms. The molecule has 0 aliphatic rings. The molecule has 20 heavy (non-hydrogen) atoms. The van der Waals surface area contributed by atoms with Gasteiger partial charge in [-0.3, -0.25) is 0 Å². The third kappa shape index (κ3) is 3.20. The summed E-state index contributed by atoms with van der Waals surface area (Å²) in [5, 5.41) is 8.86. The van der Waals surface area contributed by atoms with Crippen LogP contribution in [0.5, 0.6) is 17.2 Å². The van der Waals surface area contributed by atoms with Gasteiger partial charge in [0.25, 0.3) is 0 Å². The van der Waals surface area contributed by atoms with Crippen molar-refractivity contribution in [3.8, 4) is 17.2 Å². The number of hydrogen-bond donors (Lipinski definition) is 2.